The molecule has 1 unspecified atom stereocenters. The molecule has 0 fully saturated rings. The first-order valence-electron chi connectivity index (χ1n) is 8.72. The van der Waals surface area contributed by atoms with Crippen LogP contribution in [0.15, 0.2) is 0 Å². The minimum Gasteiger partial charge on any atom is -0.458 e. The quantitative estimate of drug-likeness (QED) is 0.219. The van der Waals surface area contributed by atoms with E-state index in [9.17, 15) is 13.2 Å². The maximum Gasteiger partial charge on any atom is 0.398 e. The predicted octanol–water partition coefficient (Wildman–Crippen LogP) is 2.56. The molecule has 0 aliphatic heterocycles. The van der Waals surface area contributed by atoms with Crippen molar-refractivity contribution in [1.29, 1.82) is 0 Å². The molecular formula is C16H34NO6S+. The van der Waals surface area contributed by atoms with Crippen molar-refractivity contribution in [3.63, 3.8) is 0 Å². The summed E-state index contributed by atoms with van der Waals surface area (Å²) in [5.74, 6) is -0.802. The highest BCUT2D eigenvalue weighted by Gasteiger charge is 2.22. The van der Waals surface area contributed by atoms with Crippen molar-refractivity contribution in [1.82, 2.24) is 0 Å². The van der Waals surface area contributed by atoms with Gasteiger partial charge in [-0.25, -0.2) is 8.98 Å². The second kappa shape index (κ2) is 11.8. The van der Waals surface area contributed by atoms with E-state index in [0.717, 1.165) is 17.4 Å². The summed E-state index contributed by atoms with van der Waals surface area (Å²) in [4.78, 5) is 11.6. The number of esters is 1. The monoisotopic (exact) mass is 368 g/mol. The van der Waals surface area contributed by atoms with Crippen LogP contribution in [0.2, 0.25) is 0 Å². The van der Waals surface area contributed by atoms with Gasteiger partial charge in [-0.15, -0.1) is 0 Å². The Morgan fingerprint density at radius 2 is 1.58 bits per heavy atom. The second-order valence-corrected chi connectivity index (χ2v) is 7.89. The van der Waals surface area contributed by atoms with Crippen LogP contribution in [0, 0.1) is 0 Å². The smallest absolute Gasteiger partial charge is 0.398 e. The molecule has 0 heterocycles. The minimum absolute atomic E-state index is 0.182. The van der Waals surface area contributed by atoms with Crippen LogP contribution in [0.1, 0.15) is 58.8 Å². The molecule has 7 nitrogen and oxygen atoms in total. The van der Waals surface area contributed by atoms with Crippen LogP contribution < -0.4 is 0 Å². The molecule has 0 amide bonds. The van der Waals surface area contributed by atoms with Crippen molar-refractivity contribution < 1.29 is 31.2 Å². The number of likely N-dealkylation sites (N-methyl/N-ethyl adjacent to an activating group) is 1. The number of carbonyl (C=O) groups excluding carboxylic acids is 1. The largest absolute Gasteiger partial charge is 0.458 e. The lowest BCUT2D eigenvalue weighted by atomic mass is 10.1. The Balaban J connectivity index is 3.85. The maximum absolute atomic E-state index is 11.6. The molecule has 1 N–H and O–H groups in total. The lowest BCUT2D eigenvalue weighted by Gasteiger charge is -2.29. The number of hydrogen-bond acceptors (Lipinski definition) is 5. The Bertz CT molecular complexity index is 449. The Hall–Kier alpha value is -0.700. The molecule has 0 aromatic rings. The third-order valence-corrected chi connectivity index (χ3v) is 4.44. The standard InChI is InChI=1S/C16H33NO6S/c1-5-6-7-8-9-10-11-12-17(3,4)13-14-22-16(18)15(2)23-24(19,20)21/h15H,5-14H2,1-4H3/p+1. The van der Waals surface area contributed by atoms with Gasteiger partial charge in [-0.3, -0.25) is 4.55 Å². The van der Waals surface area contributed by atoms with E-state index in [2.05, 4.69) is 25.2 Å². The molecule has 0 aliphatic rings. The Labute approximate surface area is 146 Å². The highest BCUT2D eigenvalue weighted by Crippen LogP contribution is 2.09. The fourth-order valence-electron chi connectivity index (χ4n) is 2.34. The molecule has 8 heteroatoms. The first kappa shape index (κ1) is 23.3. The van der Waals surface area contributed by atoms with Crippen LogP contribution in [-0.4, -0.2) is 63.3 Å². The summed E-state index contributed by atoms with van der Waals surface area (Å²) in [6, 6.07) is 0. The molecule has 0 spiro atoms. The van der Waals surface area contributed by atoms with Crippen molar-refractivity contribution in [2.24, 2.45) is 0 Å². The summed E-state index contributed by atoms with van der Waals surface area (Å²) >= 11 is 0. The SMILES string of the molecule is CCCCCCCCC[N+](C)(C)CCOC(=O)C(C)OS(=O)(=O)O. The average Bonchev–Trinajstić information content (AvgIpc) is 2.44. The van der Waals surface area contributed by atoms with Gasteiger partial charge in [0.1, 0.15) is 13.2 Å². The molecule has 1 atom stereocenters. The van der Waals surface area contributed by atoms with Crippen molar-refractivity contribution in [3.8, 4) is 0 Å². The van der Waals surface area contributed by atoms with Crippen molar-refractivity contribution >= 4 is 16.4 Å². The topological polar surface area (TPSA) is 89.9 Å². The normalized spacial score (nSPS) is 13.7. The zero-order chi connectivity index (χ0) is 18.6. The van der Waals surface area contributed by atoms with E-state index < -0.39 is 22.5 Å². The number of ether oxygens (including phenoxy) is 1. The van der Waals surface area contributed by atoms with Gasteiger partial charge < -0.3 is 9.22 Å². The summed E-state index contributed by atoms with van der Waals surface area (Å²) in [5, 5.41) is 0. The molecule has 0 radical (unpaired) electrons. The van der Waals surface area contributed by atoms with Crippen LogP contribution in [0.4, 0.5) is 0 Å². The number of rotatable bonds is 14. The fourth-order valence-corrected chi connectivity index (χ4v) is 2.78. The number of hydrogen-bond donors (Lipinski definition) is 1. The first-order valence-corrected chi connectivity index (χ1v) is 10.1. The summed E-state index contributed by atoms with van der Waals surface area (Å²) < 4.78 is 39.5. The molecule has 0 saturated carbocycles. The van der Waals surface area contributed by atoms with Crippen molar-refractivity contribution in [2.45, 2.75) is 64.9 Å². The lowest BCUT2D eigenvalue weighted by Crippen LogP contribution is -2.43. The predicted molar refractivity (Wildman–Crippen MR) is 92.9 cm³/mol. The fraction of sp³-hybridized carbons (Fsp3) is 0.938. The van der Waals surface area contributed by atoms with E-state index >= 15 is 0 Å². The van der Waals surface area contributed by atoms with E-state index in [1.165, 1.54) is 45.4 Å². The Morgan fingerprint density at radius 1 is 1.04 bits per heavy atom. The molecule has 0 aliphatic carbocycles. The molecular weight excluding hydrogens is 334 g/mol. The van der Waals surface area contributed by atoms with E-state index in [1.54, 1.807) is 0 Å². The highest BCUT2D eigenvalue weighted by molar-refractivity contribution is 7.80. The first-order chi connectivity index (χ1) is 11.1. The van der Waals surface area contributed by atoms with Crippen molar-refractivity contribution in [3.05, 3.63) is 0 Å². The van der Waals surface area contributed by atoms with Gasteiger partial charge in [0.25, 0.3) is 0 Å². The Kier molecular flexibility index (Phi) is 11.4. The summed E-state index contributed by atoms with van der Waals surface area (Å²) in [6.45, 7) is 5.25. The molecule has 0 aromatic carbocycles. The van der Waals surface area contributed by atoms with Crippen molar-refractivity contribution in [2.75, 3.05) is 33.8 Å². The molecule has 0 rings (SSSR count). The molecule has 144 valence electrons. The highest BCUT2D eigenvalue weighted by atomic mass is 32.3. The molecule has 0 saturated heterocycles. The maximum atomic E-state index is 11.6. The van der Waals surface area contributed by atoms with Gasteiger partial charge in [0.05, 0.1) is 20.6 Å². The van der Waals surface area contributed by atoms with E-state index in [1.807, 2.05) is 0 Å². The van der Waals surface area contributed by atoms with Gasteiger partial charge in [0.2, 0.25) is 0 Å². The zero-order valence-corrected chi connectivity index (χ0v) is 16.3. The Morgan fingerprint density at radius 3 is 2.12 bits per heavy atom. The summed E-state index contributed by atoms with van der Waals surface area (Å²) in [7, 11) is -0.505. The minimum atomic E-state index is -4.65. The molecule has 0 bridgehead atoms. The van der Waals surface area contributed by atoms with Gasteiger partial charge in [-0.1, -0.05) is 39.0 Å². The summed E-state index contributed by atoms with van der Waals surface area (Å²) in [5.41, 5.74) is 0. The van der Waals surface area contributed by atoms with E-state index in [0.29, 0.717) is 6.54 Å². The van der Waals surface area contributed by atoms with Gasteiger partial charge in [-0.05, 0) is 19.8 Å². The van der Waals surface area contributed by atoms with Crippen LogP contribution in [0.3, 0.4) is 0 Å². The van der Waals surface area contributed by atoms with Crippen LogP contribution in [-0.2, 0) is 24.1 Å². The molecule has 0 aromatic heterocycles. The zero-order valence-electron chi connectivity index (χ0n) is 15.5. The second-order valence-electron chi connectivity index (χ2n) is 6.84. The number of quaternary nitrogens is 1. The van der Waals surface area contributed by atoms with Crippen LogP contribution >= 0.6 is 0 Å². The van der Waals surface area contributed by atoms with E-state index in [4.69, 9.17) is 9.29 Å². The summed E-state index contributed by atoms with van der Waals surface area (Å²) in [6.07, 6.45) is 7.44. The third-order valence-electron chi connectivity index (χ3n) is 3.91. The number of unbranched alkanes of at least 4 members (excludes halogenated alkanes) is 6. The van der Waals surface area contributed by atoms with Gasteiger partial charge in [0, 0.05) is 0 Å². The van der Waals surface area contributed by atoms with Gasteiger partial charge >= 0.3 is 16.4 Å². The number of nitrogens with zero attached hydrogens (tertiary/aromatic N) is 1. The van der Waals surface area contributed by atoms with Crippen LogP contribution in [0.25, 0.3) is 0 Å². The lowest BCUT2D eigenvalue weighted by molar-refractivity contribution is -0.890. The average molecular weight is 369 g/mol. The number of carbonyl (C=O) groups is 1. The van der Waals surface area contributed by atoms with Gasteiger partial charge in [-0.2, -0.15) is 8.42 Å². The molecule has 24 heavy (non-hydrogen) atoms. The third kappa shape index (κ3) is 13.7. The van der Waals surface area contributed by atoms with E-state index in [-0.39, 0.29) is 6.61 Å². The van der Waals surface area contributed by atoms with Gasteiger partial charge in [0.15, 0.2) is 6.10 Å². The van der Waals surface area contributed by atoms with Crippen LogP contribution in [0.5, 0.6) is 0 Å².